The SMILES string of the molecule is CCCCOc1cc(/C=C/Br)ccc1OC. The molecule has 2 nitrogen and oxygen atoms in total. The molecule has 0 bridgehead atoms. The van der Waals surface area contributed by atoms with Gasteiger partial charge in [-0.2, -0.15) is 0 Å². The van der Waals surface area contributed by atoms with Crippen LogP contribution in [0.4, 0.5) is 0 Å². The van der Waals surface area contributed by atoms with Gasteiger partial charge in [-0.15, -0.1) is 0 Å². The van der Waals surface area contributed by atoms with Crippen LogP contribution in [-0.4, -0.2) is 13.7 Å². The van der Waals surface area contributed by atoms with Crippen molar-refractivity contribution in [3.8, 4) is 11.5 Å². The molecule has 88 valence electrons. The van der Waals surface area contributed by atoms with Gasteiger partial charge in [0.1, 0.15) is 0 Å². The summed E-state index contributed by atoms with van der Waals surface area (Å²) in [5.41, 5.74) is 1.09. The van der Waals surface area contributed by atoms with E-state index in [0.29, 0.717) is 0 Å². The Bertz CT molecular complexity index is 348. The van der Waals surface area contributed by atoms with E-state index in [1.54, 1.807) is 7.11 Å². The zero-order valence-corrected chi connectivity index (χ0v) is 11.3. The first-order valence-corrected chi connectivity index (χ1v) is 6.31. The quantitative estimate of drug-likeness (QED) is 0.728. The molecule has 0 atom stereocenters. The summed E-state index contributed by atoms with van der Waals surface area (Å²) >= 11 is 3.26. The van der Waals surface area contributed by atoms with E-state index in [9.17, 15) is 0 Å². The van der Waals surface area contributed by atoms with E-state index in [1.165, 1.54) is 0 Å². The third kappa shape index (κ3) is 3.89. The van der Waals surface area contributed by atoms with E-state index in [4.69, 9.17) is 9.47 Å². The molecule has 1 aromatic rings. The molecule has 0 aliphatic heterocycles. The average Bonchev–Trinajstić information content (AvgIpc) is 2.30. The van der Waals surface area contributed by atoms with E-state index in [2.05, 4.69) is 22.9 Å². The van der Waals surface area contributed by atoms with Crippen LogP contribution in [0.25, 0.3) is 6.08 Å². The van der Waals surface area contributed by atoms with Crippen LogP contribution in [0.15, 0.2) is 23.2 Å². The molecule has 0 aliphatic carbocycles. The van der Waals surface area contributed by atoms with E-state index < -0.39 is 0 Å². The van der Waals surface area contributed by atoms with Crippen LogP contribution in [0.2, 0.25) is 0 Å². The van der Waals surface area contributed by atoms with Gasteiger partial charge in [-0.05, 0) is 35.2 Å². The summed E-state index contributed by atoms with van der Waals surface area (Å²) in [5.74, 6) is 1.59. The van der Waals surface area contributed by atoms with Gasteiger partial charge in [0, 0.05) is 0 Å². The van der Waals surface area contributed by atoms with Crippen LogP contribution in [0.1, 0.15) is 25.3 Å². The molecule has 16 heavy (non-hydrogen) atoms. The standard InChI is InChI=1S/C13H17BrO2/c1-3-4-9-16-13-10-11(7-8-14)5-6-12(13)15-2/h5-8,10H,3-4,9H2,1-2H3/b8-7+. The lowest BCUT2D eigenvalue weighted by molar-refractivity contribution is 0.288. The van der Waals surface area contributed by atoms with Crippen molar-refractivity contribution in [2.24, 2.45) is 0 Å². The highest BCUT2D eigenvalue weighted by molar-refractivity contribution is 9.11. The molecule has 0 spiro atoms. The molecule has 0 amide bonds. The van der Waals surface area contributed by atoms with Crippen molar-refractivity contribution < 1.29 is 9.47 Å². The van der Waals surface area contributed by atoms with E-state index in [-0.39, 0.29) is 0 Å². The summed E-state index contributed by atoms with van der Waals surface area (Å²) in [6, 6.07) is 5.89. The molecular formula is C13H17BrO2. The van der Waals surface area contributed by atoms with Crippen molar-refractivity contribution in [3.63, 3.8) is 0 Å². The van der Waals surface area contributed by atoms with Crippen molar-refractivity contribution in [3.05, 3.63) is 28.7 Å². The number of halogens is 1. The lowest BCUT2D eigenvalue weighted by Crippen LogP contribution is -1.99. The maximum atomic E-state index is 5.68. The lowest BCUT2D eigenvalue weighted by atomic mass is 10.2. The largest absolute Gasteiger partial charge is 0.493 e. The number of benzene rings is 1. The fourth-order valence-corrected chi connectivity index (χ4v) is 1.61. The number of ether oxygens (including phenoxy) is 2. The monoisotopic (exact) mass is 284 g/mol. The Balaban J connectivity index is 2.80. The van der Waals surface area contributed by atoms with Gasteiger partial charge in [-0.3, -0.25) is 0 Å². The van der Waals surface area contributed by atoms with E-state index in [1.807, 2.05) is 29.3 Å². The van der Waals surface area contributed by atoms with Crippen LogP contribution in [0, 0.1) is 0 Å². The second-order valence-corrected chi connectivity index (χ2v) is 3.93. The molecule has 3 heteroatoms. The number of hydrogen-bond donors (Lipinski definition) is 0. The minimum Gasteiger partial charge on any atom is -0.493 e. The minimum atomic E-state index is 0.730. The average molecular weight is 285 g/mol. The van der Waals surface area contributed by atoms with Crippen molar-refractivity contribution >= 4 is 22.0 Å². The summed E-state index contributed by atoms with van der Waals surface area (Å²) in [6.45, 7) is 2.87. The van der Waals surface area contributed by atoms with Crippen LogP contribution in [-0.2, 0) is 0 Å². The first kappa shape index (κ1) is 13.1. The lowest BCUT2D eigenvalue weighted by Gasteiger charge is -2.10. The van der Waals surface area contributed by atoms with Gasteiger partial charge in [0.15, 0.2) is 11.5 Å². The first-order chi connectivity index (χ1) is 7.81. The van der Waals surface area contributed by atoms with Gasteiger partial charge in [0.05, 0.1) is 13.7 Å². The Morgan fingerprint density at radius 2 is 2.12 bits per heavy atom. The summed E-state index contributed by atoms with van der Waals surface area (Å²) in [6.07, 6.45) is 4.15. The Morgan fingerprint density at radius 3 is 2.75 bits per heavy atom. The number of unbranched alkanes of at least 4 members (excludes halogenated alkanes) is 1. The molecule has 0 unspecified atom stereocenters. The van der Waals surface area contributed by atoms with Crippen LogP contribution in [0.5, 0.6) is 11.5 Å². The number of hydrogen-bond acceptors (Lipinski definition) is 2. The summed E-state index contributed by atoms with van der Waals surface area (Å²) in [7, 11) is 1.65. The maximum Gasteiger partial charge on any atom is 0.161 e. The fraction of sp³-hybridized carbons (Fsp3) is 0.385. The van der Waals surface area contributed by atoms with Gasteiger partial charge in [-0.25, -0.2) is 0 Å². The van der Waals surface area contributed by atoms with E-state index >= 15 is 0 Å². The molecule has 0 fully saturated rings. The molecule has 0 aliphatic rings. The molecule has 1 rings (SSSR count). The molecular weight excluding hydrogens is 268 g/mol. The highest BCUT2D eigenvalue weighted by Crippen LogP contribution is 2.28. The van der Waals surface area contributed by atoms with Gasteiger partial charge >= 0.3 is 0 Å². The summed E-state index contributed by atoms with van der Waals surface area (Å²) in [4.78, 5) is 1.82. The Labute approximate surface area is 105 Å². The molecule has 0 saturated heterocycles. The Kier molecular flexibility index (Phi) is 6.01. The Hall–Kier alpha value is -0.960. The van der Waals surface area contributed by atoms with Crippen LogP contribution in [0.3, 0.4) is 0 Å². The number of methoxy groups -OCH3 is 1. The Morgan fingerprint density at radius 1 is 1.31 bits per heavy atom. The van der Waals surface area contributed by atoms with Gasteiger partial charge in [-0.1, -0.05) is 35.3 Å². The van der Waals surface area contributed by atoms with Gasteiger partial charge < -0.3 is 9.47 Å². The molecule has 0 saturated carbocycles. The van der Waals surface area contributed by atoms with E-state index in [0.717, 1.165) is 36.5 Å². The second kappa shape index (κ2) is 7.34. The predicted octanol–water partition coefficient (Wildman–Crippen LogP) is 4.24. The summed E-state index contributed by atoms with van der Waals surface area (Å²) in [5, 5.41) is 0. The maximum absolute atomic E-state index is 5.68. The van der Waals surface area contributed by atoms with Gasteiger partial charge in [0.2, 0.25) is 0 Å². The molecule has 0 heterocycles. The molecule has 0 radical (unpaired) electrons. The van der Waals surface area contributed by atoms with Gasteiger partial charge in [0.25, 0.3) is 0 Å². The van der Waals surface area contributed by atoms with Crippen LogP contribution >= 0.6 is 15.9 Å². The van der Waals surface area contributed by atoms with Crippen molar-refractivity contribution in [2.75, 3.05) is 13.7 Å². The smallest absolute Gasteiger partial charge is 0.161 e. The molecule has 0 aromatic heterocycles. The van der Waals surface area contributed by atoms with Crippen LogP contribution < -0.4 is 9.47 Å². The fourth-order valence-electron chi connectivity index (χ4n) is 1.31. The molecule has 0 N–H and O–H groups in total. The minimum absolute atomic E-state index is 0.730. The highest BCUT2D eigenvalue weighted by atomic mass is 79.9. The van der Waals surface area contributed by atoms with Crippen molar-refractivity contribution in [1.82, 2.24) is 0 Å². The first-order valence-electron chi connectivity index (χ1n) is 5.39. The van der Waals surface area contributed by atoms with Crippen molar-refractivity contribution in [1.29, 1.82) is 0 Å². The third-order valence-electron chi connectivity index (χ3n) is 2.20. The normalized spacial score (nSPS) is 10.7. The van der Waals surface area contributed by atoms with Crippen molar-refractivity contribution in [2.45, 2.75) is 19.8 Å². The zero-order chi connectivity index (χ0) is 11.8. The molecule has 1 aromatic carbocycles. The topological polar surface area (TPSA) is 18.5 Å². The number of rotatable bonds is 6. The summed E-state index contributed by atoms with van der Waals surface area (Å²) < 4.78 is 10.9. The second-order valence-electron chi connectivity index (χ2n) is 3.40. The third-order valence-corrected chi connectivity index (χ3v) is 2.46. The predicted molar refractivity (Wildman–Crippen MR) is 71.4 cm³/mol. The zero-order valence-electron chi connectivity index (χ0n) is 9.70. The highest BCUT2D eigenvalue weighted by Gasteiger charge is 2.04.